The number of aromatic hydroxyl groups is 1. The van der Waals surface area contributed by atoms with Gasteiger partial charge in [0.05, 0.1) is 24.3 Å². The number of aromatic amines is 1. The molecule has 2 amide bonds. The monoisotopic (exact) mass is 785 g/mol. The van der Waals surface area contributed by atoms with E-state index >= 15 is 0 Å². The lowest BCUT2D eigenvalue weighted by molar-refractivity contribution is -0.0336. The molecule has 2 bridgehead atoms. The Hall–Kier alpha value is -5.69. The van der Waals surface area contributed by atoms with Gasteiger partial charge in [0.1, 0.15) is 17.6 Å². The molecular formula is C46H51N5O7. The number of nitrogens with one attached hydrogen (secondary N) is 3. The molecule has 3 atom stereocenters. The number of pyridine rings is 1. The van der Waals surface area contributed by atoms with Crippen molar-refractivity contribution in [3.8, 4) is 11.5 Å². The molecule has 4 aliphatic rings. The van der Waals surface area contributed by atoms with E-state index in [0.29, 0.717) is 60.1 Å². The summed E-state index contributed by atoms with van der Waals surface area (Å²) in [6, 6.07) is 31.0. The van der Waals surface area contributed by atoms with E-state index in [1.165, 1.54) is 12.1 Å². The number of aliphatic hydroxyl groups excluding tert-OH is 1. The minimum absolute atomic E-state index is 0.00531. The second-order valence-electron chi connectivity index (χ2n) is 15.8. The van der Waals surface area contributed by atoms with Gasteiger partial charge in [0.2, 0.25) is 5.56 Å². The van der Waals surface area contributed by atoms with Gasteiger partial charge in [-0.3, -0.25) is 14.5 Å². The summed E-state index contributed by atoms with van der Waals surface area (Å²) in [5, 5.41) is 28.0. The number of nitrogens with zero attached hydrogens (tertiary/aromatic N) is 2. The van der Waals surface area contributed by atoms with Crippen molar-refractivity contribution in [1.82, 2.24) is 25.4 Å². The highest BCUT2D eigenvalue weighted by Gasteiger charge is 2.37. The van der Waals surface area contributed by atoms with Crippen molar-refractivity contribution in [2.45, 2.75) is 50.5 Å². The van der Waals surface area contributed by atoms with Crippen LogP contribution in [0.3, 0.4) is 0 Å². The van der Waals surface area contributed by atoms with Crippen LogP contribution in [0.25, 0.3) is 10.9 Å². The molecule has 0 aliphatic carbocycles. The molecule has 4 saturated heterocycles. The highest BCUT2D eigenvalue weighted by Crippen LogP contribution is 2.32. The molecule has 5 heterocycles. The molecule has 0 saturated carbocycles. The van der Waals surface area contributed by atoms with Crippen LogP contribution in [-0.2, 0) is 11.3 Å². The number of fused-ring (bicyclic) bond motifs is 4. The smallest absolute Gasteiger partial charge is 0.408 e. The molecule has 1 aromatic heterocycles. The first-order chi connectivity index (χ1) is 28.3. The fraction of sp³-hybridized carbons (Fsp3) is 0.370. The van der Waals surface area contributed by atoms with Crippen LogP contribution in [0.1, 0.15) is 70.4 Å². The lowest BCUT2D eigenvalue weighted by Gasteiger charge is -2.43. The molecule has 0 spiro atoms. The maximum Gasteiger partial charge on any atom is 0.408 e. The average molecular weight is 786 g/mol. The number of ether oxygens (including phenoxy) is 2. The number of hydrogen-bond acceptors (Lipinski definition) is 9. The Morgan fingerprint density at radius 1 is 0.845 bits per heavy atom. The van der Waals surface area contributed by atoms with Crippen molar-refractivity contribution in [2.24, 2.45) is 11.8 Å². The number of phenolic OH excluding ortho intramolecular Hbond substituents is 1. The number of hydrogen-bond donors (Lipinski definition) is 5. The molecule has 0 unspecified atom stereocenters. The number of H-pyrrole nitrogens is 1. The van der Waals surface area contributed by atoms with Gasteiger partial charge in [-0.25, -0.2) is 4.79 Å². The fourth-order valence-electron chi connectivity index (χ4n) is 8.60. The van der Waals surface area contributed by atoms with Gasteiger partial charge < -0.3 is 40.2 Å². The largest absolute Gasteiger partial charge is 0.506 e. The Bertz CT molecular complexity index is 2250. The summed E-state index contributed by atoms with van der Waals surface area (Å²) in [5.41, 5.74) is 4.05. The molecule has 58 heavy (non-hydrogen) atoms. The molecule has 4 fully saturated rings. The van der Waals surface area contributed by atoms with E-state index in [1.54, 1.807) is 12.1 Å². The Balaban J connectivity index is 0.800. The highest BCUT2D eigenvalue weighted by molar-refractivity contribution is 5.94. The second kappa shape index (κ2) is 17.8. The summed E-state index contributed by atoms with van der Waals surface area (Å²) in [5.74, 6) is 1.42. The quantitative estimate of drug-likeness (QED) is 0.0982. The van der Waals surface area contributed by atoms with Gasteiger partial charge in [-0.1, -0.05) is 60.7 Å². The van der Waals surface area contributed by atoms with Crippen LogP contribution in [0.4, 0.5) is 4.79 Å². The van der Waals surface area contributed by atoms with Crippen molar-refractivity contribution in [3.63, 3.8) is 0 Å². The Morgan fingerprint density at radius 2 is 1.60 bits per heavy atom. The average Bonchev–Trinajstić information content (AvgIpc) is 3.26. The summed E-state index contributed by atoms with van der Waals surface area (Å²) in [7, 11) is 0. The van der Waals surface area contributed by atoms with E-state index in [0.717, 1.165) is 67.8 Å². The zero-order valence-electron chi connectivity index (χ0n) is 32.5. The summed E-state index contributed by atoms with van der Waals surface area (Å²) in [6.45, 7) is 5.56. The zero-order valence-corrected chi connectivity index (χ0v) is 32.5. The Morgan fingerprint density at radius 3 is 2.34 bits per heavy atom. The number of carbonyl (C=O) groups is 2. The topological polar surface area (TPSA) is 156 Å². The molecule has 12 heteroatoms. The maximum atomic E-state index is 13.4. The first-order valence-electron chi connectivity index (χ1n) is 20.4. The van der Waals surface area contributed by atoms with Crippen LogP contribution < -0.4 is 20.9 Å². The van der Waals surface area contributed by atoms with Crippen molar-refractivity contribution in [1.29, 1.82) is 0 Å². The first kappa shape index (κ1) is 39.2. The van der Waals surface area contributed by atoms with E-state index in [4.69, 9.17) is 9.47 Å². The van der Waals surface area contributed by atoms with Gasteiger partial charge in [0, 0.05) is 49.7 Å². The van der Waals surface area contributed by atoms with E-state index in [2.05, 4.69) is 20.5 Å². The first-order valence-corrected chi connectivity index (χ1v) is 20.4. The van der Waals surface area contributed by atoms with Gasteiger partial charge in [-0.05, 0) is 109 Å². The number of carbonyl (C=O) groups excluding carboxylic acids is 2. The third-order valence-electron chi connectivity index (χ3n) is 12.0. The molecule has 9 rings (SSSR count). The lowest BCUT2D eigenvalue weighted by atomic mass is 9.86. The van der Waals surface area contributed by atoms with Gasteiger partial charge in [0.25, 0.3) is 5.91 Å². The summed E-state index contributed by atoms with van der Waals surface area (Å²) >= 11 is 0. The normalized spacial score (nSPS) is 20.4. The number of benzene rings is 4. The highest BCUT2D eigenvalue weighted by atomic mass is 16.6. The van der Waals surface area contributed by atoms with E-state index in [9.17, 15) is 24.6 Å². The molecule has 4 aromatic carbocycles. The minimum atomic E-state index is -0.862. The molecule has 0 radical (unpaired) electrons. The number of rotatable bonds is 13. The predicted molar refractivity (Wildman–Crippen MR) is 221 cm³/mol. The molecule has 5 aromatic rings. The van der Waals surface area contributed by atoms with Crippen molar-refractivity contribution in [2.75, 3.05) is 45.9 Å². The molecule has 12 nitrogen and oxygen atoms in total. The van der Waals surface area contributed by atoms with Gasteiger partial charge >= 0.3 is 6.09 Å². The SMILES string of the molecule is O=C(N[C@@H](c1ccccc1)c1cccc(OCC2CCN(C(=O)c3ccc(CNC[C@H](O)c4ccc(O)c5[nH]c(=O)ccc45)cc3)CC2)c1)O[C@H]1CN2CCC1CC2. The standard InChI is InChI=1S/C46H51N5O7/c52-39-15-13-37(38-14-16-42(54)48-44(38)39)40(53)27-47-26-30-9-11-34(12-10-30)45(55)51-23-17-31(18-24-51)29-57-36-8-4-7-35(25-36)43(33-5-2-1-3-6-33)49-46(56)58-41-28-50-21-19-32(41)20-22-50/h1-16,25,31-32,40-41,43,47,52-53H,17-24,26-29H2,(H,48,54)(H,49,56)/t40-,41-,43-/m0/s1. The number of aromatic nitrogens is 1. The van der Waals surface area contributed by atoms with E-state index < -0.39 is 18.2 Å². The minimum Gasteiger partial charge on any atom is -0.506 e. The molecule has 5 N–H and O–H groups in total. The molecule has 302 valence electrons. The van der Waals surface area contributed by atoms with E-state index in [-0.39, 0.29) is 29.9 Å². The second-order valence-corrected chi connectivity index (χ2v) is 15.8. The van der Waals surface area contributed by atoms with Gasteiger partial charge in [0.15, 0.2) is 0 Å². The van der Waals surface area contributed by atoms with Crippen LogP contribution in [-0.4, -0.2) is 89.0 Å². The predicted octanol–water partition coefficient (Wildman–Crippen LogP) is 5.90. The van der Waals surface area contributed by atoms with Crippen molar-refractivity contribution < 1.29 is 29.3 Å². The number of likely N-dealkylation sites (tertiary alicyclic amines) is 1. The van der Waals surface area contributed by atoms with Crippen LogP contribution in [0.15, 0.2) is 108 Å². The summed E-state index contributed by atoms with van der Waals surface area (Å²) in [6.07, 6.45) is 2.49. The number of piperidine rings is 4. The Kier molecular flexibility index (Phi) is 12.0. The number of aliphatic hydroxyl groups is 1. The number of alkyl carbamates (subject to hydrolysis) is 1. The lowest BCUT2D eigenvalue weighted by Crippen LogP contribution is -2.52. The van der Waals surface area contributed by atoms with Gasteiger partial charge in [-0.15, -0.1) is 0 Å². The van der Waals surface area contributed by atoms with Crippen LogP contribution in [0.5, 0.6) is 11.5 Å². The Labute approximate surface area is 337 Å². The summed E-state index contributed by atoms with van der Waals surface area (Å²) in [4.78, 5) is 45.3. The van der Waals surface area contributed by atoms with Crippen LogP contribution >= 0.6 is 0 Å². The van der Waals surface area contributed by atoms with Crippen LogP contribution in [0, 0.1) is 11.8 Å². The molecule has 4 aliphatic heterocycles. The van der Waals surface area contributed by atoms with E-state index in [1.807, 2.05) is 83.8 Å². The fourth-order valence-corrected chi connectivity index (χ4v) is 8.60. The van der Waals surface area contributed by atoms with Crippen LogP contribution in [0.2, 0.25) is 0 Å². The third kappa shape index (κ3) is 9.20. The van der Waals surface area contributed by atoms with Gasteiger partial charge in [-0.2, -0.15) is 0 Å². The van der Waals surface area contributed by atoms with Crippen molar-refractivity contribution >= 4 is 22.9 Å². The molecular weight excluding hydrogens is 735 g/mol. The zero-order chi connectivity index (χ0) is 40.0. The third-order valence-corrected chi connectivity index (χ3v) is 12.0. The maximum absolute atomic E-state index is 13.4. The number of phenols is 1. The number of amides is 2. The summed E-state index contributed by atoms with van der Waals surface area (Å²) < 4.78 is 12.3. The van der Waals surface area contributed by atoms with Crippen molar-refractivity contribution in [3.05, 3.63) is 141 Å².